The van der Waals surface area contributed by atoms with Gasteiger partial charge < -0.3 is 9.88 Å². The fourth-order valence-electron chi connectivity index (χ4n) is 2.13. The van der Waals surface area contributed by atoms with Crippen molar-refractivity contribution < 1.29 is 0 Å². The van der Waals surface area contributed by atoms with Crippen LogP contribution < -0.4 is 5.32 Å². The molecule has 86 valence electrons. The van der Waals surface area contributed by atoms with Crippen LogP contribution in [0.5, 0.6) is 0 Å². The molecule has 1 aromatic carbocycles. The van der Waals surface area contributed by atoms with Crippen LogP contribution in [0.2, 0.25) is 0 Å². The lowest BCUT2D eigenvalue weighted by atomic mass is 10.1. The van der Waals surface area contributed by atoms with Gasteiger partial charge >= 0.3 is 0 Å². The third kappa shape index (κ3) is 2.27. The summed E-state index contributed by atoms with van der Waals surface area (Å²) in [5.41, 5.74) is 2.81. The molecular formula is C14H20N2. The minimum absolute atomic E-state index is 1.05. The molecule has 0 saturated heterocycles. The molecule has 1 heterocycles. The molecular weight excluding hydrogens is 196 g/mol. The van der Waals surface area contributed by atoms with Crippen LogP contribution in [0.1, 0.15) is 18.9 Å². The summed E-state index contributed by atoms with van der Waals surface area (Å²) in [5, 5.41) is 4.53. The van der Waals surface area contributed by atoms with E-state index in [4.69, 9.17) is 0 Å². The first-order chi connectivity index (χ1) is 7.85. The van der Waals surface area contributed by atoms with E-state index in [9.17, 15) is 0 Å². The zero-order chi connectivity index (χ0) is 11.4. The van der Waals surface area contributed by atoms with Crippen LogP contribution in [-0.2, 0) is 13.0 Å². The maximum Gasteiger partial charge on any atom is 0.0482 e. The van der Waals surface area contributed by atoms with E-state index >= 15 is 0 Å². The van der Waals surface area contributed by atoms with Crippen LogP contribution in [0.15, 0.2) is 30.5 Å². The first kappa shape index (κ1) is 11.2. The average Bonchev–Trinajstić information content (AvgIpc) is 2.71. The molecule has 0 spiro atoms. The summed E-state index contributed by atoms with van der Waals surface area (Å²) in [6.07, 6.45) is 4.53. The molecule has 1 N–H and O–H groups in total. The molecule has 0 aliphatic carbocycles. The third-order valence-electron chi connectivity index (χ3n) is 3.07. The van der Waals surface area contributed by atoms with Gasteiger partial charge in [0, 0.05) is 18.3 Å². The van der Waals surface area contributed by atoms with Gasteiger partial charge in [-0.25, -0.2) is 0 Å². The van der Waals surface area contributed by atoms with Crippen LogP contribution in [0.3, 0.4) is 0 Å². The third-order valence-corrected chi connectivity index (χ3v) is 3.07. The molecule has 0 saturated carbocycles. The summed E-state index contributed by atoms with van der Waals surface area (Å²) in [4.78, 5) is 0. The Morgan fingerprint density at radius 1 is 1.25 bits per heavy atom. The number of nitrogens with zero attached hydrogens (tertiary/aromatic N) is 1. The maximum absolute atomic E-state index is 3.19. The molecule has 2 heteroatoms. The molecule has 2 rings (SSSR count). The summed E-state index contributed by atoms with van der Waals surface area (Å²) < 4.78 is 2.30. The van der Waals surface area contributed by atoms with Crippen LogP contribution in [0.25, 0.3) is 10.9 Å². The van der Waals surface area contributed by atoms with Crippen molar-refractivity contribution in [2.24, 2.45) is 0 Å². The molecule has 2 nitrogen and oxygen atoms in total. The van der Waals surface area contributed by atoms with Gasteiger partial charge in [-0.3, -0.25) is 0 Å². The van der Waals surface area contributed by atoms with Crippen molar-refractivity contribution in [1.82, 2.24) is 9.88 Å². The van der Waals surface area contributed by atoms with E-state index in [-0.39, 0.29) is 0 Å². The predicted octanol–water partition coefficient (Wildman–Crippen LogP) is 2.81. The predicted molar refractivity (Wildman–Crippen MR) is 69.9 cm³/mol. The number of aryl methyl sites for hydroxylation is 2. The van der Waals surface area contributed by atoms with Gasteiger partial charge in [-0.2, -0.15) is 0 Å². The minimum Gasteiger partial charge on any atom is -0.348 e. The maximum atomic E-state index is 3.19. The summed E-state index contributed by atoms with van der Waals surface area (Å²) >= 11 is 0. The smallest absolute Gasteiger partial charge is 0.0482 e. The fraction of sp³-hybridized carbons (Fsp3) is 0.429. The number of aromatic nitrogens is 1. The number of fused-ring (bicyclic) bond motifs is 1. The second-order valence-electron chi connectivity index (χ2n) is 4.20. The normalized spacial score (nSPS) is 11.1. The molecule has 0 bridgehead atoms. The second-order valence-corrected chi connectivity index (χ2v) is 4.20. The lowest BCUT2D eigenvalue weighted by Crippen LogP contribution is -2.08. The highest BCUT2D eigenvalue weighted by Crippen LogP contribution is 2.18. The number of nitrogens with one attached hydrogen (secondary N) is 1. The van der Waals surface area contributed by atoms with Crippen molar-refractivity contribution in [1.29, 1.82) is 0 Å². The van der Waals surface area contributed by atoms with E-state index in [0.29, 0.717) is 0 Å². The second kappa shape index (κ2) is 5.17. The molecule has 0 unspecified atom stereocenters. The minimum atomic E-state index is 1.05. The molecule has 0 amide bonds. The fourth-order valence-corrected chi connectivity index (χ4v) is 2.13. The SMILES string of the molecule is CCn1ccc2ccc(CCCNC)cc21. The largest absolute Gasteiger partial charge is 0.348 e. The molecule has 0 radical (unpaired) electrons. The first-order valence-electron chi connectivity index (χ1n) is 6.07. The summed E-state index contributed by atoms with van der Waals surface area (Å²) in [6.45, 7) is 4.32. The average molecular weight is 216 g/mol. The molecule has 0 atom stereocenters. The van der Waals surface area contributed by atoms with Crippen molar-refractivity contribution >= 4 is 10.9 Å². The van der Waals surface area contributed by atoms with Crippen molar-refractivity contribution in [3.05, 3.63) is 36.0 Å². The van der Waals surface area contributed by atoms with Crippen molar-refractivity contribution in [2.75, 3.05) is 13.6 Å². The lowest BCUT2D eigenvalue weighted by molar-refractivity contribution is 0.724. The van der Waals surface area contributed by atoms with Crippen LogP contribution in [0.4, 0.5) is 0 Å². The summed E-state index contributed by atoms with van der Waals surface area (Å²) in [6, 6.07) is 9.00. The summed E-state index contributed by atoms with van der Waals surface area (Å²) in [7, 11) is 2.01. The zero-order valence-corrected chi connectivity index (χ0v) is 10.2. The van der Waals surface area contributed by atoms with Gasteiger partial charge in [0.1, 0.15) is 0 Å². The molecule has 0 aliphatic rings. The lowest BCUT2D eigenvalue weighted by Gasteiger charge is -2.04. The van der Waals surface area contributed by atoms with Crippen molar-refractivity contribution in [3.63, 3.8) is 0 Å². The van der Waals surface area contributed by atoms with Gasteiger partial charge in [0.15, 0.2) is 0 Å². The standard InChI is InChI=1S/C14H20N2/c1-3-16-10-8-13-7-6-12(11-14(13)16)5-4-9-15-2/h6-8,10-11,15H,3-5,9H2,1-2H3. The highest BCUT2D eigenvalue weighted by molar-refractivity contribution is 5.80. The Balaban J connectivity index is 2.20. The van der Waals surface area contributed by atoms with E-state index in [1.807, 2.05) is 7.05 Å². The highest BCUT2D eigenvalue weighted by atomic mass is 14.9. The van der Waals surface area contributed by atoms with E-state index in [1.54, 1.807) is 0 Å². The molecule has 2 aromatic rings. The number of rotatable bonds is 5. The summed E-state index contributed by atoms with van der Waals surface area (Å²) in [5.74, 6) is 0. The van der Waals surface area contributed by atoms with Crippen molar-refractivity contribution in [2.45, 2.75) is 26.3 Å². The van der Waals surface area contributed by atoms with E-state index in [2.05, 4.69) is 47.3 Å². The van der Waals surface area contributed by atoms with E-state index in [0.717, 1.165) is 19.5 Å². The Labute approximate surface area is 97.3 Å². The van der Waals surface area contributed by atoms with Gasteiger partial charge in [-0.05, 0) is 56.4 Å². The van der Waals surface area contributed by atoms with Gasteiger partial charge in [0.05, 0.1) is 0 Å². The Bertz CT molecular complexity index is 457. The zero-order valence-electron chi connectivity index (χ0n) is 10.2. The topological polar surface area (TPSA) is 17.0 Å². The van der Waals surface area contributed by atoms with Crippen molar-refractivity contribution in [3.8, 4) is 0 Å². The molecule has 0 fully saturated rings. The molecule has 0 aliphatic heterocycles. The number of hydrogen-bond acceptors (Lipinski definition) is 1. The Hall–Kier alpha value is -1.28. The van der Waals surface area contributed by atoms with Gasteiger partial charge in [0.2, 0.25) is 0 Å². The Morgan fingerprint density at radius 3 is 2.88 bits per heavy atom. The Kier molecular flexibility index (Phi) is 3.62. The quantitative estimate of drug-likeness (QED) is 0.760. The van der Waals surface area contributed by atoms with Crippen LogP contribution in [-0.4, -0.2) is 18.2 Å². The van der Waals surface area contributed by atoms with E-state index < -0.39 is 0 Å². The molecule has 16 heavy (non-hydrogen) atoms. The molecule has 1 aromatic heterocycles. The van der Waals surface area contributed by atoms with Gasteiger partial charge in [-0.1, -0.05) is 12.1 Å². The van der Waals surface area contributed by atoms with Crippen LogP contribution in [0, 0.1) is 0 Å². The van der Waals surface area contributed by atoms with E-state index in [1.165, 1.54) is 22.9 Å². The number of hydrogen-bond donors (Lipinski definition) is 1. The van der Waals surface area contributed by atoms with Gasteiger partial charge in [-0.15, -0.1) is 0 Å². The first-order valence-corrected chi connectivity index (χ1v) is 6.07. The highest BCUT2D eigenvalue weighted by Gasteiger charge is 2.00. The van der Waals surface area contributed by atoms with Crippen LogP contribution >= 0.6 is 0 Å². The Morgan fingerprint density at radius 2 is 2.12 bits per heavy atom. The number of benzene rings is 1. The monoisotopic (exact) mass is 216 g/mol. The van der Waals surface area contributed by atoms with Gasteiger partial charge in [0.25, 0.3) is 0 Å².